The van der Waals surface area contributed by atoms with E-state index in [-0.39, 0.29) is 6.54 Å². The van der Waals surface area contributed by atoms with Crippen LogP contribution >= 0.6 is 0 Å². The first-order valence-electron chi connectivity index (χ1n) is 5.96. The number of rotatable bonds is 3. The van der Waals surface area contributed by atoms with Gasteiger partial charge in [-0.05, 0) is 0 Å². The molecule has 0 spiro atoms. The van der Waals surface area contributed by atoms with Crippen molar-refractivity contribution in [2.24, 2.45) is 5.73 Å². The number of halogens is 2. The van der Waals surface area contributed by atoms with Crippen molar-refractivity contribution in [1.82, 2.24) is 9.55 Å². The van der Waals surface area contributed by atoms with Gasteiger partial charge in [-0.15, -0.1) is 0 Å². The third-order valence-electron chi connectivity index (χ3n) is 2.99. The minimum Gasteiger partial charge on any atom is -0.486 e. The van der Waals surface area contributed by atoms with Crippen molar-refractivity contribution < 1.29 is 18.3 Å². The zero-order chi connectivity index (χ0) is 13.4. The maximum atomic E-state index is 12.6. The first kappa shape index (κ1) is 12.2. The first-order valence-corrected chi connectivity index (χ1v) is 5.96. The van der Waals surface area contributed by atoms with E-state index in [1.807, 2.05) is 0 Å². The van der Waals surface area contributed by atoms with Crippen molar-refractivity contribution in [1.29, 1.82) is 0 Å². The van der Waals surface area contributed by atoms with Crippen LogP contribution in [0.25, 0.3) is 11.0 Å². The lowest BCUT2D eigenvalue weighted by Gasteiger charge is -2.18. The predicted octanol–water partition coefficient (Wildman–Crippen LogP) is 1.53. The van der Waals surface area contributed by atoms with Crippen LogP contribution in [-0.4, -0.2) is 29.2 Å². The molecule has 2 heterocycles. The highest BCUT2D eigenvalue weighted by Gasteiger charge is 2.19. The number of nitrogens with two attached hydrogens (primary N) is 1. The zero-order valence-electron chi connectivity index (χ0n) is 10.1. The largest absolute Gasteiger partial charge is 0.486 e. The normalized spacial score (nSPS) is 14.3. The number of ether oxygens (including phenoxy) is 2. The maximum absolute atomic E-state index is 12.6. The minimum absolute atomic E-state index is 0.105. The fraction of sp³-hybridized carbons (Fsp3) is 0.417. The summed E-state index contributed by atoms with van der Waals surface area (Å²) in [7, 11) is 0. The molecular weight excluding hydrogens is 256 g/mol. The molecule has 5 nitrogen and oxygen atoms in total. The highest BCUT2D eigenvalue weighted by atomic mass is 19.3. The molecule has 0 unspecified atom stereocenters. The molecule has 0 atom stereocenters. The number of benzene rings is 1. The molecule has 0 amide bonds. The smallest absolute Gasteiger partial charge is 0.256 e. The second-order valence-corrected chi connectivity index (χ2v) is 4.22. The lowest BCUT2D eigenvalue weighted by molar-refractivity contribution is 0.127. The van der Waals surface area contributed by atoms with Gasteiger partial charge in [-0.1, -0.05) is 0 Å². The van der Waals surface area contributed by atoms with Crippen molar-refractivity contribution in [2.75, 3.05) is 13.2 Å². The summed E-state index contributed by atoms with van der Waals surface area (Å²) in [5.41, 5.74) is 6.73. The monoisotopic (exact) mass is 269 g/mol. The van der Waals surface area contributed by atoms with Gasteiger partial charge in [0.15, 0.2) is 11.5 Å². The molecule has 1 aliphatic rings. The van der Waals surface area contributed by atoms with Gasteiger partial charge in [0, 0.05) is 12.1 Å². The van der Waals surface area contributed by atoms with Gasteiger partial charge in [0.05, 0.1) is 24.1 Å². The Bertz CT molecular complexity index is 613. The summed E-state index contributed by atoms with van der Waals surface area (Å²) in [5.74, 6) is 1.57. The summed E-state index contributed by atoms with van der Waals surface area (Å²) < 4.78 is 37.6. The molecule has 0 saturated carbocycles. The number of imidazole rings is 1. The Labute approximate surface area is 107 Å². The van der Waals surface area contributed by atoms with Gasteiger partial charge in [0.1, 0.15) is 19.0 Å². The van der Waals surface area contributed by atoms with Crippen molar-refractivity contribution in [3.63, 3.8) is 0 Å². The van der Waals surface area contributed by atoms with Crippen LogP contribution in [0.3, 0.4) is 0 Å². The number of nitrogens with zero attached hydrogens (tertiary/aromatic N) is 2. The topological polar surface area (TPSA) is 62.3 Å². The Morgan fingerprint density at radius 1 is 1.26 bits per heavy atom. The van der Waals surface area contributed by atoms with Gasteiger partial charge in [0.25, 0.3) is 6.43 Å². The summed E-state index contributed by atoms with van der Waals surface area (Å²) >= 11 is 0. The SMILES string of the molecule is NCc1nc2cc3c(cc2n1CC(F)F)OCCO3. The molecule has 0 fully saturated rings. The molecule has 2 N–H and O–H groups in total. The van der Waals surface area contributed by atoms with Crippen LogP contribution in [0, 0.1) is 0 Å². The summed E-state index contributed by atoms with van der Waals surface area (Å²) in [5, 5.41) is 0. The molecule has 7 heteroatoms. The molecule has 1 aliphatic heterocycles. The Morgan fingerprint density at radius 3 is 2.58 bits per heavy atom. The van der Waals surface area contributed by atoms with E-state index in [2.05, 4.69) is 4.98 Å². The molecule has 1 aromatic heterocycles. The lowest BCUT2D eigenvalue weighted by atomic mass is 10.2. The summed E-state index contributed by atoms with van der Waals surface area (Å²) in [6.07, 6.45) is -2.46. The van der Waals surface area contributed by atoms with E-state index >= 15 is 0 Å². The van der Waals surface area contributed by atoms with Gasteiger partial charge in [-0.25, -0.2) is 13.8 Å². The average molecular weight is 269 g/mol. The van der Waals surface area contributed by atoms with Crippen LogP contribution in [0.2, 0.25) is 0 Å². The van der Waals surface area contributed by atoms with Gasteiger partial charge in [0.2, 0.25) is 0 Å². The van der Waals surface area contributed by atoms with Gasteiger partial charge in [-0.3, -0.25) is 0 Å². The Balaban J connectivity index is 2.16. The minimum atomic E-state index is -2.46. The van der Waals surface area contributed by atoms with Crippen LogP contribution < -0.4 is 15.2 Å². The fourth-order valence-electron chi connectivity index (χ4n) is 2.21. The van der Waals surface area contributed by atoms with Crippen LogP contribution in [0.4, 0.5) is 8.78 Å². The molecular formula is C12H13F2N3O2. The molecule has 2 aromatic rings. The predicted molar refractivity (Wildman–Crippen MR) is 64.6 cm³/mol. The van der Waals surface area contributed by atoms with E-state index in [0.717, 1.165) is 0 Å². The maximum Gasteiger partial charge on any atom is 0.256 e. The van der Waals surface area contributed by atoms with E-state index in [1.165, 1.54) is 4.57 Å². The summed E-state index contributed by atoms with van der Waals surface area (Å²) in [4.78, 5) is 4.26. The van der Waals surface area contributed by atoms with Crippen molar-refractivity contribution in [3.05, 3.63) is 18.0 Å². The van der Waals surface area contributed by atoms with E-state index in [4.69, 9.17) is 15.2 Å². The number of hydrogen-bond donors (Lipinski definition) is 1. The fourth-order valence-corrected chi connectivity index (χ4v) is 2.21. The van der Waals surface area contributed by atoms with Crippen molar-refractivity contribution in [3.8, 4) is 11.5 Å². The van der Waals surface area contributed by atoms with E-state index in [1.54, 1.807) is 12.1 Å². The van der Waals surface area contributed by atoms with Crippen LogP contribution in [0.15, 0.2) is 12.1 Å². The molecule has 3 rings (SSSR count). The molecule has 102 valence electrons. The van der Waals surface area contributed by atoms with E-state index in [0.29, 0.717) is 41.6 Å². The molecule has 19 heavy (non-hydrogen) atoms. The number of fused-ring (bicyclic) bond motifs is 2. The van der Waals surface area contributed by atoms with Crippen LogP contribution in [-0.2, 0) is 13.1 Å². The quantitative estimate of drug-likeness (QED) is 0.918. The average Bonchev–Trinajstić information content (AvgIpc) is 2.73. The van der Waals surface area contributed by atoms with Gasteiger partial charge >= 0.3 is 0 Å². The summed E-state index contributed by atoms with van der Waals surface area (Å²) in [6.45, 7) is 0.599. The number of aromatic nitrogens is 2. The molecule has 1 aromatic carbocycles. The molecule has 0 aliphatic carbocycles. The second-order valence-electron chi connectivity index (χ2n) is 4.22. The highest BCUT2D eigenvalue weighted by Crippen LogP contribution is 2.34. The molecule has 0 bridgehead atoms. The second kappa shape index (κ2) is 4.65. The lowest BCUT2D eigenvalue weighted by Crippen LogP contribution is -2.15. The van der Waals surface area contributed by atoms with Crippen molar-refractivity contribution in [2.45, 2.75) is 19.5 Å². The summed E-state index contributed by atoms with van der Waals surface area (Å²) in [6, 6.07) is 3.38. The number of hydrogen-bond acceptors (Lipinski definition) is 4. The zero-order valence-corrected chi connectivity index (χ0v) is 10.1. The number of alkyl halides is 2. The Morgan fingerprint density at radius 2 is 1.95 bits per heavy atom. The molecule has 0 saturated heterocycles. The standard InChI is InChI=1S/C12H13F2N3O2/c13-11(14)6-17-8-4-10-9(18-1-2-19-10)3-7(8)16-12(17)5-15/h3-4,11H,1-2,5-6,15H2. The van der Waals surface area contributed by atoms with Gasteiger partial charge < -0.3 is 19.8 Å². The van der Waals surface area contributed by atoms with Crippen LogP contribution in [0.5, 0.6) is 11.5 Å². The van der Waals surface area contributed by atoms with Crippen LogP contribution in [0.1, 0.15) is 5.82 Å². The third-order valence-corrected chi connectivity index (χ3v) is 2.99. The Hall–Kier alpha value is -1.89. The Kier molecular flexibility index (Phi) is 2.98. The highest BCUT2D eigenvalue weighted by molar-refractivity contribution is 5.80. The van der Waals surface area contributed by atoms with E-state index < -0.39 is 13.0 Å². The molecule has 0 radical (unpaired) electrons. The third kappa shape index (κ3) is 2.10. The first-order chi connectivity index (χ1) is 9.19. The van der Waals surface area contributed by atoms with Gasteiger partial charge in [-0.2, -0.15) is 0 Å². The van der Waals surface area contributed by atoms with Crippen molar-refractivity contribution >= 4 is 11.0 Å². The van der Waals surface area contributed by atoms with E-state index in [9.17, 15) is 8.78 Å².